The van der Waals surface area contributed by atoms with Crippen LogP contribution in [0, 0.1) is 12.8 Å². The van der Waals surface area contributed by atoms with Crippen LogP contribution in [0.3, 0.4) is 0 Å². The van der Waals surface area contributed by atoms with Gasteiger partial charge >= 0.3 is 0 Å². The third-order valence-corrected chi connectivity index (χ3v) is 3.81. The molecular weight excluding hydrogens is 232 g/mol. The Hall–Kier alpha value is -0.900. The minimum atomic E-state index is 0.123. The van der Waals surface area contributed by atoms with Crippen LogP contribution in [0.1, 0.15) is 48.6 Å². The molecule has 1 aromatic heterocycles. The smallest absolute Gasteiger partial charge is 0.273 e. The lowest BCUT2D eigenvalue weighted by atomic mass is 10.1. The molecule has 0 spiro atoms. The number of rotatable bonds is 5. The Balaban J connectivity index is 2.02. The van der Waals surface area contributed by atoms with Crippen LogP contribution in [-0.2, 0) is 0 Å². The zero-order valence-corrected chi connectivity index (χ0v) is 11.6. The molecule has 2 rings (SSSR count). The van der Waals surface area contributed by atoms with E-state index in [1.165, 1.54) is 0 Å². The van der Waals surface area contributed by atoms with E-state index in [-0.39, 0.29) is 5.91 Å². The molecule has 0 aliphatic heterocycles. The number of thiazole rings is 1. The van der Waals surface area contributed by atoms with Gasteiger partial charge in [0.1, 0.15) is 5.69 Å². The van der Waals surface area contributed by atoms with Crippen LogP contribution in [0.5, 0.6) is 0 Å². The second-order valence-electron chi connectivity index (χ2n) is 5.16. The van der Waals surface area contributed by atoms with Gasteiger partial charge in [0.05, 0.1) is 5.01 Å². The van der Waals surface area contributed by atoms with Crippen LogP contribution in [-0.4, -0.2) is 28.4 Å². The average molecular weight is 252 g/mol. The summed E-state index contributed by atoms with van der Waals surface area (Å²) in [6, 6.07) is 0.475. The summed E-state index contributed by atoms with van der Waals surface area (Å²) in [6.07, 6.45) is 3.39. The topological polar surface area (TPSA) is 33.2 Å². The number of hydrogen-bond acceptors (Lipinski definition) is 3. The highest BCUT2D eigenvalue weighted by atomic mass is 32.1. The molecule has 94 valence electrons. The van der Waals surface area contributed by atoms with Gasteiger partial charge in [0.25, 0.3) is 5.91 Å². The molecule has 0 radical (unpaired) electrons. The molecule has 1 fully saturated rings. The first-order chi connectivity index (χ1) is 8.08. The maximum atomic E-state index is 12.3. The van der Waals surface area contributed by atoms with Crippen molar-refractivity contribution in [1.29, 1.82) is 0 Å². The number of nitrogens with zero attached hydrogens (tertiary/aromatic N) is 2. The SMILES string of the molecule is Cc1nc(C(=O)N(CCC(C)C)C2CC2)cs1. The van der Waals surface area contributed by atoms with Gasteiger partial charge in [-0.15, -0.1) is 11.3 Å². The minimum Gasteiger partial charge on any atom is -0.334 e. The molecule has 17 heavy (non-hydrogen) atoms. The van der Waals surface area contributed by atoms with Crippen LogP contribution >= 0.6 is 11.3 Å². The van der Waals surface area contributed by atoms with Gasteiger partial charge in [0.2, 0.25) is 0 Å². The predicted octanol–water partition coefficient (Wildman–Crippen LogP) is 3.10. The second kappa shape index (κ2) is 5.17. The summed E-state index contributed by atoms with van der Waals surface area (Å²) in [6.45, 7) is 7.21. The van der Waals surface area contributed by atoms with Crippen molar-refractivity contribution < 1.29 is 4.79 Å². The van der Waals surface area contributed by atoms with Crippen molar-refractivity contribution in [3.63, 3.8) is 0 Å². The highest BCUT2D eigenvalue weighted by Gasteiger charge is 2.33. The van der Waals surface area contributed by atoms with E-state index in [0.717, 1.165) is 30.8 Å². The van der Waals surface area contributed by atoms with Crippen molar-refractivity contribution in [3.8, 4) is 0 Å². The van der Waals surface area contributed by atoms with Crippen LogP contribution in [0.15, 0.2) is 5.38 Å². The van der Waals surface area contributed by atoms with Crippen LogP contribution < -0.4 is 0 Å². The van der Waals surface area contributed by atoms with Crippen molar-refractivity contribution in [2.45, 2.75) is 46.1 Å². The summed E-state index contributed by atoms with van der Waals surface area (Å²) in [4.78, 5) is 18.6. The van der Waals surface area contributed by atoms with Gasteiger partial charge < -0.3 is 4.90 Å². The van der Waals surface area contributed by atoms with Gasteiger partial charge in [-0.25, -0.2) is 4.98 Å². The van der Waals surface area contributed by atoms with Crippen molar-refractivity contribution >= 4 is 17.2 Å². The molecule has 1 heterocycles. The molecule has 4 heteroatoms. The minimum absolute atomic E-state index is 0.123. The molecule has 0 saturated heterocycles. The number of carbonyl (C=O) groups excluding carboxylic acids is 1. The van der Waals surface area contributed by atoms with Crippen molar-refractivity contribution in [1.82, 2.24) is 9.88 Å². The molecule has 1 aliphatic rings. The fourth-order valence-corrected chi connectivity index (χ4v) is 2.43. The van der Waals surface area contributed by atoms with E-state index < -0.39 is 0 Å². The summed E-state index contributed by atoms with van der Waals surface area (Å²) >= 11 is 1.55. The number of aryl methyl sites for hydroxylation is 1. The third kappa shape index (κ3) is 3.28. The van der Waals surface area contributed by atoms with Gasteiger partial charge in [-0.1, -0.05) is 13.8 Å². The largest absolute Gasteiger partial charge is 0.334 e. The molecule has 1 amide bonds. The third-order valence-electron chi connectivity index (χ3n) is 3.03. The highest BCUT2D eigenvalue weighted by molar-refractivity contribution is 7.09. The van der Waals surface area contributed by atoms with E-state index >= 15 is 0 Å². The number of hydrogen-bond donors (Lipinski definition) is 0. The second-order valence-corrected chi connectivity index (χ2v) is 6.23. The van der Waals surface area contributed by atoms with E-state index in [1.807, 2.05) is 17.2 Å². The Bertz CT molecular complexity index is 396. The standard InChI is InChI=1S/C13H20N2OS/c1-9(2)6-7-15(11-4-5-11)13(16)12-8-17-10(3)14-12/h8-9,11H,4-7H2,1-3H3. The maximum absolute atomic E-state index is 12.3. The Labute approximate surface area is 107 Å². The Morgan fingerprint density at radius 2 is 2.29 bits per heavy atom. The van der Waals surface area contributed by atoms with E-state index in [2.05, 4.69) is 18.8 Å². The summed E-state index contributed by atoms with van der Waals surface area (Å²) in [7, 11) is 0. The molecule has 0 aromatic carbocycles. The lowest BCUT2D eigenvalue weighted by molar-refractivity contribution is 0.0730. The van der Waals surface area contributed by atoms with E-state index in [0.29, 0.717) is 17.7 Å². The van der Waals surface area contributed by atoms with Crippen molar-refractivity contribution in [2.24, 2.45) is 5.92 Å². The first-order valence-corrected chi connectivity index (χ1v) is 7.19. The maximum Gasteiger partial charge on any atom is 0.273 e. The average Bonchev–Trinajstić information content (AvgIpc) is 3.00. The molecule has 0 unspecified atom stereocenters. The van der Waals surface area contributed by atoms with Crippen molar-refractivity contribution in [3.05, 3.63) is 16.1 Å². The first kappa shape index (κ1) is 12.6. The van der Waals surface area contributed by atoms with Crippen LogP contribution in [0.25, 0.3) is 0 Å². The molecule has 0 N–H and O–H groups in total. The van der Waals surface area contributed by atoms with Gasteiger partial charge in [-0.2, -0.15) is 0 Å². The van der Waals surface area contributed by atoms with E-state index in [4.69, 9.17) is 0 Å². The molecule has 1 aliphatic carbocycles. The quantitative estimate of drug-likeness (QED) is 0.806. The number of aromatic nitrogens is 1. The summed E-state index contributed by atoms with van der Waals surface area (Å²) in [5, 5.41) is 2.84. The fraction of sp³-hybridized carbons (Fsp3) is 0.692. The molecule has 1 saturated carbocycles. The summed E-state index contributed by atoms with van der Waals surface area (Å²) in [5.74, 6) is 0.763. The van der Waals surface area contributed by atoms with Gasteiger partial charge in [0, 0.05) is 18.0 Å². The lowest BCUT2D eigenvalue weighted by Gasteiger charge is -2.22. The number of amides is 1. The summed E-state index contributed by atoms with van der Waals surface area (Å²) in [5.41, 5.74) is 0.628. The zero-order chi connectivity index (χ0) is 12.4. The van der Waals surface area contributed by atoms with Crippen molar-refractivity contribution in [2.75, 3.05) is 6.54 Å². The molecule has 1 aromatic rings. The molecule has 3 nitrogen and oxygen atoms in total. The predicted molar refractivity (Wildman–Crippen MR) is 70.4 cm³/mol. The van der Waals surface area contributed by atoms with Crippen LogP contribution in [0.4, 0.5) is 0 Å². The van der Waals surface area contributed by atoms with Crippen LogP contribution in [0.2, 0.25) is 0 Å². The Morgan fingerprint density at radius 1 is 1.59 bits per heavy atom. The Morgan fingerprint density at radius 3 is 2.76 bits per heavy atom. The number of carbonyl (C=O) groups is 1. The molecular formula is C13H20N2OS. The zero-order valence-electron chi connectivity index (χ0n) is 10.8. The van der Waals surface area contributed by atoms with Gasteiger partial charge in [0.15, 0.2) is 0 Å². The lowest BCUT2D eigenvalue weighted by Crippen LogP contribution is -2.34. The fourth-order valence-electron chi connectivity index (χ4n) is 1.84. The van der Waals surface area contributed by atoms with E-state index in [9.17, 15) is 4.79 Å². The summed E-state index contributed by atoms with van der Waals surface area (Å²) < 4.78 is 0. The van der Waals surface area contributed by atoms with Gasteiger partial charge in [-0.3, -0.25) is 4.79 Å². The van der Waals surface area contributed by atoms with E-state index in [1.54, 1.807) is 11.3 Å². The molecule has 0 bridgehead atoms. The normalized spacial score (nSPS) is 15.3. The highest BCUT2D eigenvalue weighted by Crippen LogP contribution is 2.29. The first-order valence-electron chi connectivity index (χ1n) is 6.31. The van der Waals surface area contributed by atoms with Gasteiger partial charge in [-0.05, 0) is 32.1 Å². The monoisotopic (exact) mass is 252 g/mol. The Kier molecular flexibility index (Phi) is 3.82. The molecule has 0 atom stereocenters.